The first-order chi connectivity index (χ1) is 8.62. The molecule has 3 unspecified atom stereocenters. The molecule has 1 N–H and O–H groups in total. The second kappa shape index (κ2) is 3.08. The van der Waals surface area contributed by atoms with E-state index in [9.17, 15) is 9.90 Å². The minimum Gasteiger partial charge on any atom is -0.504 e. The highest BCUT2D eigenvalue weighted by Gasteiger charge is 2.58. The minimum atomic E-state index is -0.376. The molecule has 1 saturated carbocycles. The fourth-order valence-electron chi connectivity index (χ4n) is 4.24. The van der Waals surface area contributed by atoms with Crippen molar-refractivity contribution in [2.45, 2.75) is 44.1 Å². The molecule has 0 aromatic heterocycles. The summed E-state index contributed by atoms with van der Waals surface area (Å²) in [4.78, 5) is 12.1. The average Bonchev–Trinajstić information content (AvgIpc) is 2.68. The standard InChI is InChI=1S/C15H16O3/c1-15-9-4-2-8-3-6-10(16)13(12(8)15)18-14(15)11(17)7-5-9/h3,6,9,14,16H,2,4-5,7H2,1H3. The van der Waals surface area contributed by atoms with E-state index in [2.05, 4.69) is 6.92 Å². The van der Waals surface area contributed by atoms with E-state index in [-0.39, 0.29) is 23.1 Å². The molecule has 3 aliphatic rings. The molecule has 94 valence electrons. The highest BCUT2D eigenvalue weighted by atomic mass is 16.5. The van der Waals surface area contributed by atoms with Crippen molar-refractivity contribution in [3.63, 3.8) is 0 Å². The summed E-state index contributed by atoms with van der Waals surface area (Å²) in [5, 5.41) is 9.98. The number of hydrogen-bond donors (Lipinski definition) is 1. The quantitative estimate of drug-likeness (QED) is 0.762. The van der Waals surface area contributed by atoms with Crippen molar-refractivity contribution in [2.24, 2.45) is 5.92 Å². The number of ketones is 1. The fraction of sp³-hybridized carbons (Fsp3) is 0.533. The van der Waals surface area contributed by atoms with Gasteiger partial charge < -0.3 is 9.84 Å². The largest absolute Gasteiger partial charge is 0.504 e. The molecule has 1 aromatic carbocycles. The predicted octanol–water partition coefficient (Wildman–Crippen LogP) is 2.34. The summed E-state index contributed by atoms with van der Waals surface area (Å²) in [6.45, 7) is 2.15. The Morgan fingerprint density at radius 1 is 1.33 bits per heavy atom. The van der Waals surface area contributed by atoms with E-state index in [1.807, 2.05) is 6.07 Å². The third-order valence-electron chi connectivity index (χ3n) is 5.18. The SMILES string of the molecule is CC12c3c4ccc(O)c3OC1C(=O)CCC2CC4. The monoisotopic (exact) mass is 244 g/mol. The maximum absolute atomic E-state index is 12.1. The fourth-order valence-corrected chi connectivity index (χ4v) is 4.24. The zero-order chi connectivity index (χ0) is 12.5. The number of carbonyl (C=O) groups is 1. The van der Waals surface area contributed by atoms with Gasteiger partial charge in [-0.3, -0.25) is 4.79 Å². The topological polar surface area (TPSA) is 46.5 Å². The van der Waals surface area contributed by atoms with Gasteiger partial charge in [-0.15, -0.1) is 0 Å². The molecule has 3 atom stereocenters. The van der Waals surface area contributed by atoms with Crippen molar-refractivity contribution in [1.29, 1.82) is 0 Å². The predicted molar refractivity (Wildman–Crippen MR) is 65.9 cm³/mol. The van der Waals surface area contributed by atoms with Crippen LogP contribution in [0.5, 0.6) is 11.5 Å². The molecule has 0 spiro atoms. The Bertz CT molecular complexity index is 563. The Labute approximate surface area is 106 Å². The van der Waals surface area contributed by atoms with E-state index < -0.39 is 0 Å². The molecule has 3 nitrogen and oxygen atoms in total. The van der Waals surface area contributed by atoms with Gasteiger partial charge in [-0.25, -0.2) is 0 Å². The van der Waals surface area contributed by atoms with E-state index >= 15 is 0 Å². The maximum Gasteiger partial charge on any atom is 0.174 e. The van der Waals surface area contributed by atoms with Gasteiger partial charge >= 0.3 is 0 Å². The van der Waals surface area contributed by atoms with Gasteiger partial charge in [0.2, 0.25) is 0 Å². The number of carbonyl (C=O) groups excluding carboxylic acids is 1. The number of hydrogen-bond acceptors (Lipinski definition) is 3. The van der Waals surface area contributed by atoms with Crippen molar-refractivity contribution in [3.8, 4) is 11.5 Å². The zero-order valence-corrected chi connectivity index (χ0v) is 10.4. The summed E-state index contributed by atoms with van der Waals surface area (Å²) >= 11 is 0. The van der Waals surface area contributed by atoms with Crippen LogP contribution in [0.4, 0.5) is 0 Å². The summed E-state index contributed by atoms with van der Waals surface area (Å²) in [7, 11) is 0. The number of Topliss-reactive ketones (excluding diaryl/α,β-unsaturated/α-hetero) is 1. The average molecular weight is 244 g/mol. The zero-order valence-electron chi connectivity index (χ0n) is 10.4. The molecular formula is C15H16O3. The Balaban J connectivity index is 2.02. The first-order valence-corrected chi connectivity index (χ1v) is 6.67. The molecule has 3 heteroatoms. The number of phenolic OH excluding ortho intramolecular Hbond substituents is 1. The number of ether oxygens (including phenoxy) is 1. The van der Waals surface area contributed by atoms with E-state index in [1.165, 1.54) is 5.56 Å². The van der Waals surface area contributed by atoms with Gasteiger partial charge in [0.25, 0.3) is 0 Å². The van der Waals surface area contributed by atoms with E-state index in [4.69, 9.17) is 4.74 Å². The Kier molecular flexibility index (Phi) is 1.78. The third-order valence-corrected chi connectivity index (χ3v) is 5.18. The molecule has 2 aliphatic carbocycles. The Morgan fingerprint density at radius 2 is 2.11 bits per heavy atom. The van der Waals surface area contributed by atoms with Crippen molar-refractivity contribution in [2.75, 3.05) is 0 Å². The van der Waals surface area contributed by atoms with Gasteiger partial charge in [0.05, 0.1) is 0 Å². The van der Waals surface area contributed by atoms with Crippen LogP contribution < -0.4 is 4.74 Å². The lowest BCUT2D eigenvalue weighted by Gasteiger charge is -2.44. The maximum atomic E-state index is 12.1. The first kappa shape index (κ1) is 10.4. The molecule has 1 heterocycles. The highest BCUT2D eigenvalue weighted by molar-refractivity contribution is 5.88. The van der Waals surface area contributed by atoms with Gasteiger partial charge in [-0.1, -0.05) is 13.0 Å². The molecule has 4 rings (SSSR count). The van der Waals surface area contributed by atoms with Crippen LogP contribution >= 0.6 is 0 Å². The van der Waals surface area contributed by atoms with Gasteiger partial charge in [0, 0.05) is 17.4 Å². The second-order valence-corrected chi connectivity index (χ2v) is 5.97. The highest BCUT2D eigenvalue weighted by Crippen LogP contribution is 2.59. The van der Waals surface area contributed by atoms with Crippen LogP contribution in [0.2, 0.25) is 0 Å². The van der Waals surface area contributed by atoms with Crippen molar-refractivity contribution in [1.82, 2.24) is 0 Å². The van der Waals surface area contributed by atoms with E-state index in [0.717, 1.165) is 24.8 Å². The molecule has 18 heavy (non-hydrogen) atoms. The molecule has 0 radical (unpaired) electrons. The van der Waals surface area contributed by atoms with Crippen LogP contribution in [-0.2, 0) is 16.6 Å². The third kappa shape index (κ3) is 0.995. The smallest absolute Gasteiger partial charge is 0.174 e. The van der Waals surface area contributed by atoms with Gasteiger partial charge in [0.1, 0.15) is 0 Å². The lowest BCUT2D eigenvalue weighted by molar-refractivity contribution is -0.132. The molecule has 1 fully saturated rings. The van der Waals surface area contributed by atoms with Crippen LogP contribution in [0.3, 0.4) is 0 Å². The number of rotatable bonds is 0. The molecule has 1 aromatic rings. The molecule has 0 bridgehead atoms. The van der Waals surface area contributed by atoms with Crippen molar-refractivity contribution < 1.29 is 14.6 Å². The molecule has 1 aliphatic heterocycles. The molecular weight excluding hydrogens is 228 g/mol. The first-order valence-electron chi connectivity index (χ1n) is 6.67. The molecule has 0 saturated heterocycles. The van der Waals surface area contributed by atoms with Crippen LogP contribution in [0.15, 0.2) is 12.1 Å². The summed E-state index contributed by atoms with van der Waals surface area (Å²) in [5.74, 6) is 1.45. The number of aromatic hydroxyl groups is 1. The Hall–Kier alpha value is -1.51. The van der Waals surface area contributed by atoms with Gasteiger partial charge in [-0.05, 0) is 36.8 Å². The Morgan fingerprint density at radius 3 is 2.94 bits per heavy atom. The second-order valence-electron chi connectivity index (χ2n) is 5.97. The van der Waals surface area contributed by atoms with Crippen LogP contribution in [0.1, 0.15) is 37.3 Å². The van der Waals surface area contributed by atoms with Crippen LogP contribution in [0, 0.1) is 5.92 Å². The number of benzene rings is 1. The number of aryl methyl sites for hydroxylation is 1. The van der Waals surface area contributed by atoms with E-state index in [1.54, 1.807) is 6.07 Å². The lowest BCUT2D eigenvalue weighted by atomic mass is 9.57. The summed E-state index contributed by atoms with van der Waals surface area (Å²) in [6, 6.07) is 3.68. The summed E-state index contributed by atoms with van der Waals surface area (Å²) in [6.07, 6.45) is 3.37. The molecule has 0 amide bonds. The lowest BCUT2D eigenvalue weighted by Crippen LogP contribution is -2.52. The minimum absolute atomic E-state index is 0.179. The summed E-state index contributed by atoms with van der Waals surface area (Å²) < 4.78 is 5.85. The van der Waals surface area contributed by atoms with Crippen molar-refractivity contribution >= 4 is 5.78 Å². The number of phenols is 1. The van der Waals surface area contributed by atoms with Crippen LogP contribution in [-0.4, -0.2) is 17.0 Å². The van der Waals surface area contributed by atoms with Crippen LogP contribution in [0.25, 0.3) is 0 Å². The van der Waals surface area contributed by atoms with E-state index in [0.29, 0.717) is 18.1 Å². The summed E-state index contributed by atoms with van der Waals surface area (Å²) in [5.41, 5.74) is 2.15. The normalized spacial score (nSPS) is 36.2. The van der Waals surface area contributed by atoms with Gasteiger partial charge in [0.15, 0.2) is 23.4 Å². The van der Waals surface area contributed by atoms with Gasteiger partial charge in [-0.2, -0.15) is 0 Å². The van der Waals surface area contributed by atoms with Crippen molar-refractivity contribution in [3.05, 3.63) is 23.3 Å².